The molecule has 0 heterocycles. The van der Waals surface area contributed by atoms with Gasteiger partial charge in [0.25, 0.3) is 0 Å². The lowest BCUT2D eigenvalue weighted by Crippen LogP contribution is -2.21. The van der Waals surface area contributed by atoms with Crippen LogP contribution in [0.3, 0.4) is 0 Å². The molecule has 0 saturated carbocycles. The Morgan fingerprint density at radius 3 is 2.81 bits per heavy atom. The zero-order valence-electron chi connectivity index (χ0n) is 9.03. The fraction of sp³-hybridized carbons (Fsp3) is 0.364. The second kappa shape index (κ2) is 5.72. The van der Waals surface area contributed by atoms with Crippen LogP contribution in [-0.4, -0.2) is 29.5 Å². The van der Waals surface area contributed by atoms with Crippen molar-refractivity contribution in [2.24, 2.45) is 5.73 Å². The molecule has 0 spiro atoms. The molecule has 1 amide bonds. The zero-order valence-corrected chi connectivity index (χ0v) is 9.79. The van der Waals surface area contributed by atoms with Gasteiger partial charge in [0.2, 0.25) is 5.91 Å². The average molecular weight is 243 g/mol. The molecule has 0 aliphatic carbocycles. The Kier molecular flexibility index (Phi) is 4.58. The molecule has 1 unspecified atom stereocenters. The van der Waals surface area contributed by atoms with Gasteiger partial charge >= 0.3 is 0 Å². The van der Waals surface area contributed by atoms with E-state index in [0.29, 0.717) is 12.1 Å². The lowest BCUT2D eigenvalue weighted by atomic mass is 10.1. The van der Waals surface area contributed by atoms with Crippen molar-refractivity contribution in [2.45, 2.75) is 13.0 Å². The number of halogens is 1. The Morgan fingerprint density at radius 2 is 2.31 bits per heavy atom. The van der Waals surface area contributed by atoms with Crippen molar-refractivity contribution in [3.8, 4) is 0 Å². The van der Waals surface area contributed by atoms with Gasteiger partial charge in [-0.05, 0) is 30.7 Å². The summed E-state index contributed by atoms with van der Waals surface area (Å²) < 4.78 is 0. The normalized spacial score (nSPS) is 12.2. The number of carbonyl (C=O) groups excluding carboxylic acids is 1. The molecule has 4 nitrogen and oxygen atoms in total. The maximum atomic E-state index is 10.9. The Labute approximate surface area is 99.4 Å². The van der Waals surface area contributed by atoms with E-state index in [1.807, 2.05) is 6.92 Å². The SMILES string of the molecule is Cc1cc(C(N)=O)ccc1NCC(O)CCl. The summed E-state index contributed by atoms with van der Waals surface area (Å²) in [5.41, 5.74) is 7.39. The molecular formula is C11H15ClN2O2. The number of carbonyl (C=O) groups is 1. The summed E-state index contributed by atoms with van der Waals surface area (Å²) in [6.07, 6.45) is -0.586. The van der Waals surface area contributed by atoms with Gasteiger partial charge in [-0.15, -0.1) is 11.6 Å². The minimum absolute atomic E-state index is 0.186. The minimum Gasteiger partial charge on any atom is -0.390 e. The molecule has 0 aliphatic rings. The van der Waals surface area contributed by atoms with Gasteiger partial charge in [0.15, 0.2) is 0 Å². The fourth-order valence-corrected chi connectivity index (χ4v) is 1.41. The topological polar surface area (TPSA) is 75.4 Å². The van der Waals surface area contributed by atoms with Crippen molar-refractivity contribution >= 4 is 23.2 Å². The van der Waals surface area contributed by atoms with Crippen molar-refractivity contribution in [1.82, 2.24) is 0 Å². The lowest BCUT2D eigenvalue weighted by Gasteiger charge is -2.12. The first kappa shape index (κ1) is 12.8. The zero-order chi connectivity index (χ0) is 12.1. The largest absolute Gasteiger partial charge is 0.390 e. The van der Waals surface area contributed by atoms with Gasteiger partial charge in [-0.2, -0.15) is 0 Å². The number of nitrogens with two attached hydrogens (primary N) is 1. The van der Waals surface area contributed by atoms with E-state index in [9.17, 15) is 9.90 Å². The van der Waals surface area contributed by atoms with Crippen LogP contribution >= 0.6 is 11.6 Å². The minimum atomic E-state index is -0.586. The molecule has 88 valence electrons. The van der Waals surface area contributed by atoms with E-state index >= 15 is 0 Å². The Morgan fingerprint density at radius 1 is 1.62 bits per heavy atom. The number of hydrogen-bond acceptors (Lipinski definition) is 3. The van der Waals surface area contributed by atoms with Gasteiger partial charge in [-0.25, -0.2) is 0 Å². The predicted molar refractivity (Wildman–Crippen MR) is 64.9 cm³/mol. The van der Waals surface area contributed by atoms with Crippen LogP contribution in [0.2, 0.25) is 0 Å². The van der Waals surface area contributed by atoms with Crippen LogP contribution in [-0.2, 0) is 0 Å². The molecule has 5 heteroatoms. The Balaban J connectivity index is 2.72. The quantitative estimate of drug-likeness (QED) is 0.677. The van der Waals surface area contributed by atoms with E-state index in [4.69, 9.17) is 17.3 Å². The number of anilines is 1. The number of amides is 1. The summed E-state index contributed by atoms with van der Waals surface area (Å²) >= 11 is 5.47. The van der Waals surface area contributed by atoms with Crippen LogP contribution in [0.15, 0.2) is 18.2 Å². The van der Waals surface area contributed by atoms with Gasteiger partial charge in [-0.3, -0.25) is 4.79 Å². The van der Waals surface area contributed by atoms with Gasteiger partial charge < -0.3 is 16.2 Å². The highest BCUT2D eigenvalue weighted by Crippen LogP contribution is 2.16. The molecule has 1 atom stereocenters. The standard InChI is InChI=1S/C11H15ClN2O2/c1-7-4-8(11(13)16)2-3-10(7)14-6-9(15)5-12/h2-4,9,14-15H,5-6H2,1H3,(H2,13,16). The Hall–Kier alpha value is -1.26. The van der Waals surface area contributed by atoms with Crippen LogP contribution in [0.1, 0.15) is 15.9 Å². The third kappa shape index (κ3) is 3.40. The van der Waals surface area contributed by atoms with Crippen LogP contribution in [0.4, 0.5) is 5.69 Å². The molecule has 4 N–H and O–H groups in total. The molecule has 0 saturated heterocycles. The summed E-state index contributed by atoms with van der Waals surface area (Å²) in [5.74, 6) is -0.263. The number of aliphatic hydroxyl groups is 1. The number of aliphatic hydroxyl groups excluding tert-OH is 1. The molecule has 0 bridgehead atoms. The molecule has 1 aromatic carbocycles. The highest BCUT2D eigenvalue weighted by atomic mass is 35.5. The van der Waals surface area contributed by atoms with Gasteiger partial charge in [0.1, 0.15) is 0 Å². The third-order valence-electron chi connectivity index (χ3n) is 2.22. The van der Waals surface area contributed by atoms with Crippen molar-refractivity contribution in [2.75, 3.05) is 17.7 Å². The molecule has 1 rings (SSSR count). The van der Waals surface area contributed by atoms with E-state index in [0.717, 1.165) is 11.3 Å². The molecule has 1 aromatic rings. The van der Waals surface area contributed by atoms with Crippen LogP contribution in [0.25, 0.3) is 0 Å². The number of benzene rings is 1. The van der Waals surface area contributed by atoms with Gasteiger partial charge in [-0.1, -0.05) is 0 Å². The Bertz CT molecular complexity index is 382. The number of nitrogens with one attached hydrogen (secondary N) is 1. The first-order chi connectivity index (χ1) is 7.54. The lowest BCUT2D eigenvalue weighted by molar-refractivity contribution is 0.1000. The van der Waals surface area contributed by atoms with Gasteiger partial charge in [0.05, 0.1) is 12.0 Å². The van der Waals surface area contributed by atoms with Crippen molar-refractivity contribution < 1.29 is 9.90 Å². The maximum Gasteiger partial charge on any atom is 0.248 e. The molecule has 0 fully saturated rings. The van der Waals surface area contributed by atoms with Crippen LogP contribution in [0.5, 0.6) is 0 Å². The van der Waals surface area contributed by atoms with Crippen molar-refractivity contribution in [1.29, 1.82) is 0 Å². The highest BCUT2D eigenvalue weighted by molar-refractivity contribution is 6.18. The summed E-state index contributed by atoms with van der Waals surface area (Å²) in [4.78, 5) is 10.9. The average Bonchev–Trinajstić information content (AvgIpc) is 2.26. The molecule has 0 aromatic heterocycles. The van der Waals surface area contributed by atoms with Crippen LogP contribution < -0.4 is 11.1 Å². The fourth-order valence-electron chi connectivity index (χ4n) is 1.30. The van der Waals surface area contributed by atoms with E-state index in [2.05, 4.69) is 5.32 Å². The second-order valence-corrected chi connectivity index (χ2v) is 3.89. The number of rotatable bonds is 5. The summed E-state index contributed by atoms with van der Waals surface area (Å²) in [6, 6.07) is 5.11. The second-order valence-electron chi connectivity index (χ2n) is 3.58. The number of hydrogen-bond donors (Lipinski definition) is 3. The van der Waals surface area contributed by atoms with Crippen molar-refractivity contribution in [3.05, 3.63) is 29.3 Å². The van der Waals surface area contributed by atoms with E-state index in [1.165, 1.54) is 0 Å². The number of aryl methyl sites for hydroxylation is 1. The smallest absolute Gasteiger partial charge is 0.248 e. The summed E-state index contributed by atoms with van der Waals surface area (Å²) in [5, 5.41) is 12.3. The van der Waals surface area contributed by atoms with E-state index in [1.54, 1.807) is 18.2 Å². The van der Waals surface area contributed by atoms with E-state index < -0.39 is 12.0 Å². The molecule has 0 radical (unpaired) electrons. The summed E-state index contributed by atoms with van der Waals surface area (Å²) in [7, 11) is 0. The number of primary amides is 1. The van der Waals surface area contributed by atoms with E-state index in [-0.39, 0.29) is 5.88 Å². The van der Waals surface area contributed by atoms with Crippen molar-refractivity contribution in [3.63, 3.8) is 0 Å². The highest BCUT2D eigenvalue weighted by Gasteiger charge is 2.06. The third-order valence-corrected chi connectivity index (χ3v) is 2.57. The first-order valence-electron chi connectivity index (χ1n) is 4.93. The maximum absolute atomic E-state index is 10.9. The molecular weight excluding hydrogens is 228 g/mol. The van der Waals surface area contributed by atoms with Crippen LogP contribution in [0, 0.1) is 6.92 Å². The molecule has 0 aliphatic heterocycles. The summed E-state index contributed by atoms with van der Waals surface area (Å²) in [6.45, 7) is 2.24. The first-order valence-corrected chi connectivity index (χ1v) is 5.46. The molecule has 16 heavy (non-hydrogen) atoms. The number of alkyl halides is 1. The van der Waals surface area contributed by atoms with Gasteiger partial charge in [0, 0.05) is 17.8 Å². The predicted octanol–water partition coefficient (Wildman–Crippen LogP) is 1.11. The monoisotopic (exact) mass is 242 g/mol.